The molecule has 0 saturated carbocycles. The molecule has 21 heavy (non-hydrogen) atoms. The fourth-order valence-electron chi connectivity index (χ4n) is 1.91. The van der Waals surface area contributed by atoms with Gasteiger partial charge in [-0.05, 0) is 32.6 Å². The molecule has 0 radical (unpaired) electrons. The van der Waals surface area contributed by atoms with Crippen molar-refractivity contribution in [2.24, 2.45) is 10.9 Å². The van der Waals surface area contributed by atoms with Crippen LogP contribution in [-0.2, 0) is 9.47 Å². The van der Waals surface area contributed by atoms with Gasteiger partial charge in [-0.2, -0.15) is 0 Å². The number of hydrogen-bond acceptors (Lipinski definition) is 3. The fourth-order valence-corrected chi connectivity index (χ4v) is 1.91. The molecule has 126 valence electrons. The molecule has 0 aromatic heterocycles. The maximum atomic E-state index is 5.61. The first kappa shape index (κ1) is 20.9. The second-order valence-corrected chi connectivity index (χ2v) is 5.65. The summed E-state index contributed by atoms with van der Waals surface area (Å²) in [6.07, 6.45) is 2.58. The van der Waals surface area contributed by atoms with Crippen molar-refractivity contribution in [1.82, 2.24) is 10.6 Å². The molecular weight excluding hydrogens is 381 g/mol. The zero-order valence-electron chi connectivity index (χ0n) is 13.9. The highest BCUT2D eigenvalue weighted by atomic mass is 127. The van der Waals surface area contributed by atoms with Crippen LogP contribution in [0.25, 0.3) is 0 Å². The molecule has 5 nitrogen and oxygen atoms in total. The molecule has 1 heterocycles. The molecule has 6 heteroatoms. The summed E-state index contributed by atoms with van der Waals surface area (Å²) in [4.78, 5) is 4.53. The molecule has 1 aliphatic rings. The molecule has 2 N–H and O–H groups in total. The van der Waals surface area contributed by atoms with Crippen LogP contribution in [0.3, 0.4) is 0 Å². The molecule has 0 aromatic carbocycles. The largest absolute Gasteiger partial charge is 0.377 e. The minimum Gasteiger partial charge on any atom is -0.377 e. The minimum atomic E-state index is 0. The zero-order chi connectivity index (χ0) is 14.8. The van der Waals surface area contributed by atoms with Gasteiger partial charge in [0.05, 0.1) is 25.9 Å². The summed E-state index contributed by atoms with van der Waals surface area (Å²) in [5, 5.41) is 6.67. The van der Waals surface area contributed by atoms with Crippen molar-refractivity contribution in [2.45, 2.75) is 52.7 Å². The lowest BCUT2D eigenvalue weighted by Crippen LogP contribution is -2.44. The number of guanidine groups is 1. The number of ether oxygens (including phenoxy) is 2. The van der Waals surface area contributed by atoms with E-state index in [1.54, 1.807) is 0 Å². The van der Waals surface area contributed by atoms with Crippen LogP contribution in [-0.4, -0.2) is 51.0 Å². The van der Waals surface area contributed by atoms with Crippen molar-refractivity contribution in [2.75, 3.05) is 32.9 Å². The van der Waals surface area contributed by atoms with E-state index in [1.807, 2.05) is 0 Å². The third-order valence-electron chi connectivity index (χ3n) is 3.54. The van der Waals surface area contributed by atoms with Gasteiger partial charge in [0, 0.05) is 19.2 Å². The molecule has 0 spiro atoms. The molecule has 0 amide bonds. The Morgan fingerprint density at radius 3 is 2.71 bits per heavy atom. The van der Waals surface area contributed by atoms with Gasteiger partial charge >= 0.3 is 0 Å². The predicted molar refractivity (Wildman–Crippen MR) is 98.6 cm³/mol. The van der Waals surface area contributed by atoms with E-state index < -0.39 is 0 Å². The quantitative estimate of drug-likeness (QED) is 0.278. The van der Waals surface area contributed by atoms with Gasteiger partial charge in [-0.25, -0.2) is 0 Å². The Hall–Kier alpha value is -0.0800. The van der Waals surface area contributed by atoms with E-state index in [0.29, 0.717) is 37.8 Å². The summed E-state index contributed by atoms with van der Waals surface area (Å²) in [5.74, 6) is 1.45. The van der Waals surface area contributed by atoms with Crippen molar-refractivity contribution < 1.29 is 9.47 Å². The average Bonchev–Trinajstić information content (AvgIpc) is 2.91. The Morgan fingerprint density at radius 1 is 1.38 bits per heavy atom. The number of rotatable bonds is 8. The number of nitrogens with zero attached hydrogens (tertiary/aromatic N) is 1. The SMILES string of the molecule is CCNC(=NCCOCC1CCCO1)NC(C)C(C)C.I. The van der Waals surface area contributed by atoms with Crippen LogP contribution in [0, 0.1) is 5.92 Å². The van der Waals surface area contributed by atoms with Gasteiger partial charge < -0.3 is 20.1 Å². The van der Waals surface area contributed by atoms with E-state index >= 15 is 0 Å². The van der Waals surface area contributed by atoms with Gasteiger partial charge in [-0.15, -0.1) is 24.0 Å². The molecule has 1 fully saturated rings. The molecule has 2 atom stereocenters. The third kappa shape index (κ3) is 9.52. The second-order valence-electron chi connectivity index (χ2n) is 5.65. The maximum Gasteiger partial charge on any atom is 0.191 e. The van der Waals surface area contributed by atoms with Gasteiger partial charge in [0.2, 0.25) is 0 Å². The summed E-state index contributed by atoms with van der Waals surface area (Å²) in [7, 11) is 0. The summed E-state index contributed by atoms with van der Waals surface area (Å²) >= 11 is 0. The van der Waals surface area contributed by atoms with Crippen molar-refractivity contribution in [3.8, 4) is 0 Å². The Morgan fingerprint density at radius 2 is 2.14 bits per heavy atom. The molecule has 0 aliphatic carbocycles. The number of halogens is 1. The number of nitrogens with one attached hydrogen (secondary N) is 2. The fraction of sp³-hybridized carbons (Fsp3) is 0.933. The van der Waals surface area contributed by atoms with Gasteiger partial charge in [0.15, 0.2) is 5.96 Å². The zero-order valence-corrected chi connectivity index (χ0v) is 16.2. The van der Waals surface area contributed by atoms with Gasteiger partial charge in [0.1, 0.15) is 0 Å². The van der Waals surface area contributed by atoms with Crippen LogP contribution in [0.4, 0.5) is 0 Å². The Kier molecular flexibility index (Phi) is 12.4. The minimum absolute atomic E-state index is 0. The first-order valence-electron chi connectivity index (χ1n) is 7.87. The Bertz CT molecular complexity index is 282. The maximum absolute atomic E-state index is 5.61. The average molecular weight is 413 g/mol. The normalized spacial score (nSPS) is 20.2. The summed E-state index contributed by atoms with van der Waals surface area (Å²) in [6, 6.07) is 0.403. The van der Waals surface area contributed by atoms with E-state index in [2.05, 4.69) is 43.3 Å². The Balaban J connectivity index is 0.00000400. The van der Waals surface area contributed by atoms with Crippen molar-refractivity contribution >= 4 is 29.9 Å². The molecule has 2 unspecified atom stereocenters. The number of hydrogen-bond donors (Lipinski definition) is 2. The van der Waals surface area contributed by atoms with Crippen molar-refractivity contribution in [1.29, 1.82) is 0 Å². The van der Waals surface area contributed by atoms with Crippen LogP contribution >= 0.6 is 24.0 Å². The van der Waals surface area contributed by atoms with Crippen molar-refractivity contribution in [3.05, 3.63) is 0 Å². The van der Waals surface area contributed by atoms with Crippen LogP contribution in [0.1, 0.15) is 40.5 Å². The first-order chi connectivity index (χ1) is 9.63. The lowest BCUT2D eigenvalue weighted by Gasteiger charge is -2.20. The van der Waals surface area contributed by atoms with Crippen LogP contribution in [0.15, 0.2) is 4.99 Å². The third-order valence-corrected chi connectivity index (χ3v) is 3.54. The second kappa shape index (κ2) is 12.5. The van der Waals surface area contributed by atoms with E-state index in [0.717, 1.165) is 32.0 Å². The molecule has 1 saturated heterocycles. The molecular formula is C15H32IN3O2. The van der Waals surface area contributed by atoms with E-state index in [4.69, 9.17) is 9.47 Å². The molecule has 1 aliphatic heterocycles. The van der Waals surface area contributed by atoms with E-state index in [1.165, 1.54) is 0 Å². The molecule has 1 rings (SSSR count). The van der Waals surface area contributed by atoms with E-state index in [9.17, 15) is 0 Å². The standard InChI is InChI=1S/C15H31N3O2.HI/c1-5-16-15(18-13(4)12(2)3)17-8-10-19-11-14-7-6-9-20-14;/h12-14H,5-11H2,1-4H3,(H2,16,17,18);1H. The summed E-state index contributed by atoms with van der Waals surface area (Å²) in [6.45, 7) is 12.4. The predicted octanol–water partition coefficient (Wildman–Crippen LogP) is 2.40. The highest BCUT2D eigenvalue weighted by Crippen LogP contribution is 2.11. The highest BCUT2D eigenvalue weighted by Gasteiger charge is 2.15. The monoisotopic (exact) mass is 413 g/mol. The van der Waals surface area contributed by atoms with Gasteiger partial charge in [-0.1, -0.05) is 13.8 Å². The Labute approximate surface area is 146 Å². The lowest BCUT2D eigenvalue weighted by atomic mass is 10.1. The van der Waals surface area contributed by atoms with Gasteiger partial charge in [0.25, 0.3) is 0 Å². The number of aliphatic imine (C=N–C) groups is 1. The van der Waals surface area contributed by atoms with Crippen LogP contribution < -0.4 is 10.6 Å². The van der Waals surface area contributed by atoms with E-state index in [-0.39, 0.29) is 24.0 Å². The highest BCUT2D eigenvalue weighted by molar-refractivity contribution is 14.0. The molecule has 0 aromatic rings. The van der Waals surface area contributed by atoms with Crippen LogP contribution in [0.2, 0.25) is 0 Å². The molecule has 0 bridgehead atoms. The van der Waals surface area contributed by atoms with Crippen LogP contribution in [0.5, 0.6) is 0 Å². The van der Waals surface area contributed by atoms with Crippen molar-refractivity contribution in [3.63, 3.8) is 0 Å². The smallest absolute Gasteiger partial charge is 0.191 e. The van der Waals surface area contributed by atoms with Gasteiger partial charge in [-0.3, -0.25) is 4.99 Å². The lowest BCUT2D eigenvalue weighted by molar-refractivity contribution is 0.0200. The summed E-state index contributed by atoms with van der Waals surface area (Å²) < 4.78 is 11.1. The summed E-state index contributed by atoms with van der Waals surface area (Å²) in [5.41, 5.74) is 0. The first-order valence-corrected chi connectivity index (χ1v) is 7.87. The topological polar surface area (TPSA) is 54.9 Å².